The van der Waals surface area contributed by atoms with Crippen molar-refractivity contribution >= 4 is 52.2 Å². The molecule has 1 spiro atoms. The minimum Gasteiger partial charge on any atom is -0.309 e. The highest BCUT2D eigenvalue weighted by Gasteiger charge is 2.51. The zero-order valence-corrected chi connectivity index (χ0v) is 34.0. The van der Waals surface area contributed by atoms with Crippen molar-refractivity contribution in [3.63, 3.8) is 0 Å². The van der Waals surface area contributed by atoms with E-state index < -0.39 is 0 Å². The third-order valence-corrected chi connectivity index (χ3v) is 12.8. The highest BCUT2D eigenvalue weighted by Crippen LogP contribution is 2.63. The van der Waals surface area contributed by atoms with Gasteiger partial charge in [-0.3, -0.25) is 0 Å². The van der Waals surface area contributed by atoms with E-state index in [-0.39, 0.29) is 18.9 Å². The van der Waals surface area contributed by atoms with Crippen molar-refractivity contribution in [2.75, 3.05) is 0 Å². The molecule has 0 unspecified atom stereocenters. The monoisotopic (exact) mass is 763 g/mol. The molecule has 8 aromatic carbocycles. The van der Waals surface area contributed by atoms with Gasteiger partial charge in [0.2, 0.25) is 0 Å². The summed E-state index contributed by atoms with van der Waals surface area (Å²) in [5.74, 6) is 0. The number of aromatic nitrogens is 1. The maximum atomic E-state index is 2.49. The minimum absolute atomic E-state index is 0. The van der Waals surface area contributed by atoms with Crippen molar-refractivity contribution in [2.45, 2.75) is 38.5 Å². The number of hydrogen-bond acceptors (Lipinski definition) is 0. The van der Waals surface area contributed by atoms with Crippen LogP contribution >= 0.6 is 13.5 Å². The van der Waals surface area contributed by atoms with Gasteiger partial charge in [0, 0.05) is 16.5 Å². The van der Waals surface area contributed by atoms with E-state index in [0.29, 0.717) is 0 Å². The van der Waals surface area contributed by atoms with Gasteiger partial charge in [-0.2, -0.15) is 13.5 Å². The van der Waals surface area contributed by atoms with Crippen LogP contribution in [0.2, 0.25) is 0 Å². The zero-order valence-electron chi connectivity index (χ0n) is 33.0. The molecule has 1 heterocycles. The Morgan fingerprint density at radius 3 is 1.81 bits per heavy atom. The number of nitrogens with zero attached hydrogens (tertiary/aromatic N) is 1. The SMILES string of the molecule is C/C=C\CC.C1=Cc2ccc3c(c2CC1)c1c2ccccc2ccc1n3-c1ccc(-c2ccc3c(c2)C2(c4ccccc4-c4ccccc42)c2ccccc2-3)cc1.S. The third kappa shape index (κ3) is 5.11. The smallest absolute Gasteiger partial charge is 0.0725 e. The van der Waals surface area contributed by atoms with Crippen LogP contribution in [0.1, 0.15) is 60.1 Å². The van der Waals surface area contributed by atoms with E-state index in [1.165, 1.54) is 105 Å². The molecule has 3 aliphatic carbocycles. The number of fused-ring (bicyclic) bond motifs is 17. The Morgan fingerprint density at radius 1 is 0.569 bits per heavy atom. The van der Waals surface area contributed by atoms with Crippen molar-refractivity contribution in [3.8, 4) is 39.1 Å². The molecule has 9 aromatic rings. The summed E-state index contributed by atoms with van der Waals surface area (Å²) in [5, 5.41) is 5.38. The summed E-state index contributed by atoms with van der Waals surface area (Å²) in [7, 11) is 0. The van der Waals surface area contributed by atoms with Gasteiger partial charge < -0.3 is 4.57 Å². The molecule has 280 valence electrons. The second-order valence-corrected chi connectivity index (χ2v) is 15.7. The van der Waals surface area contributed by atoms with Crippen molar-refractivity contribution in [1.82, 2.24) is 4.57 Å². The molecular formula is C56H45NS. The number of benzene rings is 8. The van der Waals surface area contributed by atoms with Gasteiger partial charge in [-0.25, -0.2) is 0 Å². The maximum Gasteiger partial charge on any atom is 0.0725 e. The minimum atomic E-state index is -0.338. The van der Waals surface area contributed by atoms with E-state index in [1.54, 1.807) is 0 Å². The molecule has 58 heavy (non-hydrogen) atoms. The lowest BCUT2D eigenvalue weighted by Gasteiger charge is -2.30. The van der Waals surface area contributed by atoms with Crippen LogP contribution in [-0.2, 0) is 11.8 Å². The first-order valence-electron chi connectivity index (χ1n) is 20.5. The molecule has 0 saturated heterocycles. The molecule has 0 N–H and O–H groups in total. The fourth-order valence-corrected chi connectivity index (χ4v) is 10.4. The Kier molecular flexibility index (Phi) is 8.84. The Morgan fingerprint density at radius 2 is 1.16 bits per heavy atom. The van der Waals surface area contributed by atoms with E-state index in [1.807, 2.05) is 6.92 Å². The Bertz CT molecular complexity index is 3060. The summed E-state index contributed by atoms with van der Waals surface area (Å²) in [4.78, 5) is 0. The molecule has 0 fully saturated rings. The third-order valence-electron chi connectivity index (χ3n) is 12.8. The highest BCUT2D eigenvalue weighted by atomic mass is 32.1. The molecule has 3 aliphatic rings. The van der Waals surface area contributed by atoms with Crippen molar-refractivity contribution < 1.29 is 0 Å². The van der Waals surface area contributed by atoms with Gasteiger partial charge in [0.15, 0.2) is 0 Å². The first-order chi connectivity index (χ1) is 28.2. The number of rotatable bonds is 3. The highest BCUT2D eigenvalue weighted by molar-refractivity contribution is 7.59. The van der Waals surface area contributed by atoms with Gasteiger partial charge in [-0.1, -0.05) is 165 Å². The van der Waals surface area contributed by atoms with Crippen LogP contribution in [0.15, 0.2) is 182 Å². The zero-order chi connectivity index (χ0) is 38.1. The molecular weight excluding hydrogens is 719 g/mol. The second kappa shape index (κ2) is 14.2. The van der Waals surface area contributed by atoms with Gasteiger partial charge >= 0.3 is 0 Å². The molecule has 0 saturated carbocycles. The summed E-state index contributed by atoms with van der Waals surface area (Å²) >= 11 is 0. The molecule has 2 heteroatoms. The second-order valence-electron chi connectivity index (χ2n) is 15.7. The van der Waals surface area contributed by atoms with Crippen LogP contribution in [0, 0.1) is 0 Å². The van der Waals surface area contributed by atoms with Gasteiger partial charge in [0.1, 0.15) is 0 Å². The largest absolute Gasteiger partial charge is 0.309 e. The predicted molar refractivity (Wildman–Crippen MR) is 253 cm³/mol. The Labute approximate surface area is 348 Å². The van der Waals surface area contributed by atoms with Crippen molar-refractivity contribution in [1.29, 1.82) is 0 Å². The first-order valence-corrected chi connectivity index (χ1v) is 20.5. The average molecular weight is 764 g/mol. The van der Waals surface area contributed by atoms with E-state index in [9.17, 15) is 0 Å². The lowest BCUT2D eigenvalue weighted by molar-refractivity contribution is 0.794. The van der Waals surface area contributed by atoms with Crippen LogP contribution in [0.25, 0.3) is 77.7 Å². The standard InChI is InChI=1S/C51H33N.C5H10.H2S/c1-3-13-37-33(11-1)24-29-47-49(37)50-38-14-4-2-12-34(38)25-30-48(50)52(47)36-26-21-32(22-27-36)35-23-28-42-41-17-7-10-20-45(41)51(46(42)31-35)43-18-8-5-15-39(43)40-16-6-9-19-44(40)51;1-3-5-4-2;/h1-3,5-13,15-31H,4,14H2;3,5H,4H2,1-2H3;1H2/b;5-3-;. The van der Waals surface area contributed by atoms with E-state index >= 15 is 0 Å². The molecule has 0 atom stereocenters. The van der Waals surface area contributed by atoms with Gasteiger partial charge in [0.25, 0.3) is 0 Å². The van der Waals surface area contributed by atoms with Gasteiger partial charge in [-0.05, 0) is 134 Å². The summed E-state index contributed by atoms with van der Waals surface area (Å²) in [6, 6.07) is 61.7. The summed E-state index contributed by atoms with van der Waals surface area (Å²) < 4.78 is 2.49. The Balaban J connectivity index is 0.000000644. The summed E-state index contributed by atoms with van der Waals surface area (Å²) in [5.41, 5.74) is 19.6. The number of allylic oxidation sites excluding steroid dienone is 3. The van der Waals surface area contributed by atoms with Crippen LogP contribution in [0.5, 0.6) is 0 Å². The van der Waals surface area contributed by atoms with Crippen LogP contribution in [-0.4, -0.2) is 4.57 Å². The van der Waals surface area contributed by atoms with Crippen LogP contribution < -0.4 is 0 Å². The lowest BCUT2D eigenvalue weighted by atomic mass is 9.70. The van der Waals surface area contributed by atoms with E-state index in [2.05, 4.69) is 200 Å². The van der Waals surface area contributed by atoms with E-state index in [0.717, 1.165) is 19.3 Å². The number of hydrogen-bond donors (Lipinski definition) is 0. The fourth-order valence-electron chi connectivity index (χ4n) is 10.4. The molecule has 0 bridgehead atoms. The van der Waals surface area contributed by atoms with Crippen LogP contribution in [0.3, 0.4) is 0 Å². The average Bonchev–Trinajstić information content (AvgIpc) is 3.89. The molecule has 1 aromatic heterocycles. The lowest BCUT2D eigenvalue weighted by Crippen LogP contribution is -2.25. The maximum absolute atomic E-state index is 2.49. The topological polar surface area (TPSA) is 4.93 Å². The molecule has 0 amide bonds. The molecule has 1 nitrogen and oxygen atoms in total. The molecule has 0 aliphatic heterocycles. The van der Waals surface area contributed by atoms with E-state index in [4.69, 9.17) is 0 Å². The Hall–Kier alpha value is -6.35. The first kappa shape index (κ1) is 36.0. The van der Waals surface area contributed by atoms with Crippen molar-refractivity contribution in [2.24, 2.45) is 0 Å². The van der Waals surface area contributed by atoms with Gasteiger partial charge in [-0.15, -0.1) is 0 Å². The molecule has 0 radical (unpaired) electrons. The normalized spacial score (nSPS) is 13.8. The fraction of sp³-hybridized carbons (Fsp3) is 0.107. The van der Waals surface area contributed by atoms with Crippen LogP contribution in [0.4, 0.5) is 0 Å². The molecule has 12 rings (SSSR count). The quantitative estimate of drug-likeness (QED) is 0.158. The van der Waals surface area contributed by atoms with Crippen molar-refractivity contribution in [3.05, 3.63) is 215 Å². The summed E-state index contributed by atoms with van der Waals surface area (Å²) in [6.07, 6.45) is 12.1. The van der Waals surface area contributed by atoms with Gasteiger partial charge in [0.05, 0.1) is 16.4 Å². The predicted octanol–water partition coefficient (Wildman–Crippen LogP) is 15.0. The number of aryl methyl sites for hydroxylation is 1. The summed E-state index contributed by atoms with van der Waals surface area (Å²) in [6.45, 7) is 4.16.